The summed E-state index contributed by atoms with van der Waals surface area (Å²) < 4.78 is 0. The monoisotopic (exact) mass is 213 g/mol. The third-order valence-electron chi connectivity index (χ3n) is 2.68. The summed E-state index contributed by atoms with van der Waals surface area (Å²) in [4.78, 5) is 0. The van der Waals surface area contributed by atoms with Crippen LogP contribution < -0.4 is 5.32 Å². The second-order valence-corrected chi connectivity index (χ2v) is 7.17. The maximum absolute atomic E-state index is 3.55. The summed E-state index contributed by atoms with van der Waals surface area (Å²) in [5, 5.41) is 3.55. The zero-order valence-corrected chi connectivity index (χ0v) is 11.9. The summed E-state index contributed by atoms with van der Waals surface area (Å²) >= 11 is 0. The summed E-state index contributed by atoms with van der Waals surface area (Å²) in [5.41, 5.74) is 0.759. The lowest BCUT2D eigenvalue weighted by atomic mass is 9.86. The second kappa shape index (κ2) is 5.89. The van der Waals surface area contributed by atoms with Crippen LogP contribution in [-0.2, 0) is 0 Å². The van der Waals surface area contributed by atoms with Gasteiger partial charge in [0.25, 0.3) is 0 Å². The second-order valence-electron chi connectivity index (χ2n) is 7.17. The van der Waals surface area contributed by atoms with Crippen molar-refractivity contribution in [3.05, 3.63) is 0 Å². The molecule has 0 saturated heterocycles. The maximum Gasteiger partial charge on any atom is 0.00965 e. The van der Waals surface area contributed by atoms with Crippen LogP contribution in [0.3, 0.4) is 0 Å². The molecule has 15 heavy (non-hydrogen) atoms. The van der Waals surface area contributed by atoms with Crippen LogP contribution in [0.4, 0.5) is 0 Å². The SMILES string of the molecule is CC(CCNC(C)(C)C)CCC(C)(C)C. The topological polar surface area (TPSA) is 12.0 Å². The van der Waals surface area contributed by atoms with Crippen LogP contribution in [0.25, 0.3) is 0 Å². The van der Waals surface area contributed by atoms with Gasteiger partial charge in [-0.2, -0.15) is 0 Å². The van der Waals surface area contributed by atoms with Crippen LogP contribution in [0.5, 0.6) is 0 Å². The van der Waals surface area contributed by atoms with E-state index in [2.05, 4.69) is 53.8 Å². The Labute approximate surface area is 97.0 Å². The van der Waals surface area contributed by atoms with E-state index in [9.17, 15) is 0 Å². The van der Waals surface area contributed by atoms with Gasteiger partial charge in [-0.25, -0.2) is 0 Å². The predicted molar refractivity (Wildman–Crippen MR) is 70.2 cm³/mol. The Bertz CT molecular complexity index is 159. The number of nitrogens with one attached hydrogen (secondary N) is 1. The molecule has 92 valence electrons. The van der Waals surface area contributed by atoms with Gasteiger partial charge in [0.15, 0.2) is 0 Å². The fraction of sp³-hybridized carbons (Fsp3) is 1.00. The lowest BCUT2D eigenvalue weighted by Crippen LogP contribution is -2.36. The first-order valence-electron chi connectivity index (χ1n) is 6.35. The van der Waals surface area contributed by atoms with Crippen molar-refractivity contribution in [2.75, 3.05) is 6.54 Å². The Morgan fingerprint density at radius 2 is 1.47 bits per heavy atom. The zero-order chi connectivity index (χ0) is 12.1. The van der Waals surface area contributed by atoms with Gasteiger partial charge in [0.05, 0.1) is 0 Å². The normalized spacial score (nSPS) is 15.4. The van der Waals surface area contributed by atoms with E-state index >= 15 is 0 Å². The highest BCUT2D eigenvalue weighted by Crippen LogP contribution is 2.24. The zero-order valence-electron chi connectivity index (χ0n) is 11.9. The maximum atomic E-state index is 3.55. The highest BCUT2D eigenvalue weighted by molar-refractivity contribution is 4.71. The molecule has 0 aliphatic carbocycles. The van der Waals surface area contributed by atoms with Gasteiger partial charge in [-0.05, 0) is 51.5 Å². The minimum absolute atomic E-state index is 0.268. The largest absolute Gasteiger partial charge is 0.312 e. The molecule has 1 nitrogen and oxygen atoms in total. The van der Waals surface area contributed by atoms with Crippen molar-refractivity contribution >= 4 is 0 Å². The Balaban J connectivity index is 3.54. The van der Waals surface area contributed by atoms with Crippen LogP contribution in [0.15, 0.2) is 0 Å². The lowest BCUT2D eigenvalue weighted by molar-refractivity contribution is 0.313. The van der Waals surface area contributed by atoms with Gasteiger partial charge in [-0.3, -0.25) is 0 Å². The molecule has 0 amide bonds. The van der Waals surface area contributed by atoms with Crippen LogP contribution in [-0.4, -0.2) is 12.1 Å². The van der Waals surface area contributed by atoms with E-state index in [0.717, 1.165) is 12.5 Å². The smallest absolute Gasteiger partial charge is 0.00965 e. The van der Waals surface area contributed by atoms with E-state index in [1.165, 1.54) is 19.3 Å². The molecule has 0 saturated carbocycles. The highest BCUT2D eigenvalue weighted by Gasteiger charge is 2.13. The summed E-state index contributed by atoms with van der Waals surface area (Å²) in [7, 11) is 0. The van der Waals surface area contributed by atoms with Crippen molar-refractivity contribution in [1.82, 2.24) is 5.32 Å². The average molecular weight is 213 g/mol. The molecule has 0 aromatic rings. The van der Waals surface area contributed by atoms with Crippen LogP contribution in [0.1, 0.15) is 67.7 Å². The Morgan fingerprint density at radius 3 is 1.87 bits per heavy atom. The molecule has 0 spiro atoms. The molecule has 0 aromatic carbocycles. The van der Waals surface area contributed by atoms with Crippen LogP contribution in [0, 0.1) is 11.3 Å². The summed E-state index contributed by atoms with van der Waals surface area (Å²) in [6, 6.07) is 0. The van der Waals surface area contributed by atoms with E-state index in [-0.39, 0.29) is 5.54 Å². The molecule has 0 fully saturated rings. The van der Waals surface area contributed by atoms with Gasteiger partial charge in [-0.1, -0.05) is 34.1 Å². The first-order valence-corrected chi connectivity index (χ1v) is 6.35. The molecule has 1 unspecified atom stereocenters. The van der Waals surface area contributed by atoms with E-state index in [1.807, 2.05) is 0 Å². The Hall–Kier alpha value is -0.0400. The van der Waals surface area contributed by atoms with E-state index in [0.29, 0.717) is 5.41 Å². The number of hydrogen-bond acceptors (Lipinski definition) is 1. The van der Waals surface area contributed by atoms with E-state index in [1.54, 1.807) is 0 Å². The quantitative estimate of drug-likeness (QED) is 0.721. The van der Waals surface area contributed by atoms with Gasteiger partial charge < -0.3 is 5.32 Å². The van der Waals surface area contributed by atoms with Crippen molar-refractivity contribution in [2.45, 2.75) is 73.3 Å². The Kier molecular flexibility index (Phi) is 5.87. The molecule has 0 radical (unpaired) electrons. The van der Waals surface area contributed by atoms with Crippen molar-refractivity contribution < 1.29 is 0 Å². The molecule has 1 heteroatoms. The van der Waals surface area contributed by atoms with E-state index < -0.39 is 0 Å². The number of hydrogen-bond donors (Lipinski definition) is 1. The molecule has 0 bridgehead atoms. The van der Waals surface area contributed by atoms with Crippen LogP contribution in [0.2, 0.25) is 0 Å². The van der Waals surface area contributed by atoms with Gasteiger partial charge in [0, 0.05) is 5.54 Å². The number of rotatable bonds is 5. The van der Waals surface area contributed by atoms with Crippen molar-refractivity contribution in [2.24, 2.45) is 11.3 Å². The van der Waals surface area contributed by atoms with E-state index in [4.69, 9.17) is 0 Å². The van der Waals surface area contributed by atoms with Gasteiger partial charge in [0.1, 0.15) is 0 Å². The fourth-order valence-electron chi connectivity index (χ4n) is 1.52. The fourth-order valence-corrected chi connectivity index (χ4v) is 1.52. The average Bonchev–Trinajstić information content (AvgIpc) is 1.97. The summed E-state index contributed by atoms with van der Waals surface area (Å²) in [6.45, 7) is 17.2. The van der Waals surface area contributed by atoms with Crippen molar-refractivity contribution in [1.29, 1.82) is 0 Å². The summed E-state index contributed by atoms with van der Waals surface area (Å²) in [5.74, 6) is 0.846. The highest BCUT2D eigenvalue weighted by atomic mass is 14.9. The molecule has 0 aromatic heterocycles. The molecule has 1 N–H and O–H groups in total. The molecule has 0 rings (SSSR count). The molecule has 0 heterocycles. The molecule has 0 aliphatic rings. The molecular formula is C14H31N. The summed E-state index contributed by atoms with van der Waals surface area (Å²) in [6.07, 6.45) is 3.99. The van der Waals surface area contributed by atoms with Gasteiger partial charge in [-0.15, -0.1) is 0 Å². The third kappa shape index (κ3) is 11.9. The van der Waals surface area contributed by atoms with Gasteiger partial charge in [0.2, 0.25) is 0 Å². The Morgan fingerprint density at radius 1 is 0.933 bits per heavy atom. The van der Waals surface area contributed by atoms with Crippen LogP contribution >= 0.6 is 0 Å². The minimum Gasteiger partial charge on any atom is -0.312 e. The van der Waals surface area contributed by atoms with Crippen molar-refractivity contribution in [3.63, 3.8) is 0 Å². The lowest BCUT2D eigenvalue weighted by Gasteiger charge is -2.24. The standard InChI is InChI=1S/C14H31N/c1-12(8-10-13(2,3)4)9-11-15-14(5,6)7/h12,15H,8-11H2,1-7H3. The molecule has 1 atom stereocenters. The molecular weight excluding hydrogens is 182 g/mol. The minimum atomic E-state index is 0.268. The first-order chi connectivity index (χ1) is 6.60. The first kappa shape index (κ1) is 15.0. The van der Waals surface area contributed by atoms with Gasteiger partial charge >= 0.3 is 0 Å². The molecule has 0 aliphatic heterocycles. The third-order valence-corrected chi connectivity index (χ3v) is 2.68. The predicted octanol–water partition coefficient (Wildman–Crippen LogP) is 4.23. The van der Waals surface area contributed by atoms with Crippen molar-refractivity contribution in [3.8, 4) is 0 Å².